The summed E-state index contributed by atoms with van der Waals surface area (Å²) < 4.78 is 1.12. The monoisotopic (exact) mass is 324 g/mol. The molecule has 0 saturated carbocycles. The summed E-state index contributed by atoms with van der Waals surface area (Å²) in [6.45, 7) is 6.80. The van der Waals surface area contributed by atoms with Gasteiger partial charge in [-0.05, 0) is 37.5 Å². The average Bonchev–Trinajstić information content (AvgIpc) is 2.34. The molecule has 19 heavy (non-hydrogen) atoms. The van der Waals surface area contributed by atoms with Gasteiger partial charge >= 0.3 is 0 Å². The summed E-state index contributed by atoms with van der Waals surface area (Å²) >= 11 is 3.45. The summed E-state index contributed by atoms with van der Waals surface area (Å²) in [7, 11) is 0. The highest BCUT2D eigenvalue weighted by Crippen LogP contribution is 2.23. The van der Waals surface area contributed by atoms with E-state index >= 15 is 0 Å². The third-order valence-corrected chi connectivity index (χ3v) is 4.29. The van der Waals surface area contributed by atoms with Gasteiger partial charge in [0.2, 0.25) is 5.91 Å². The molecule has 2 rings (SSSR count). The molecule has 0 radical (unpaired) electrons. The fourth-order valence-electron chi connectivity index (χ4n) is 2.60. The van der Waals surface area contributed by atoms with Gasteiger partial charge in [0, 0.05) is 36.6 Å². The Balaban J connectivity index is 1.86. The van der Waals surface area contributed by atoms with E-state index < -0.39 is 0 Å². The second-order valence-corrected chi connectivity index (χ2v) is 6.56. The van der Waals surface area contributed by atoms with Crippen molar-refractivity contribution in [2.24, 2.45) is 0 Å². The zero-order valence-corrected chi connectivity index (χ0v) is 13.2. The molecule has 104 valence electrons. The van der Waals surface area contributed by atoms with Crippen molar-refractivity contribution in [3.8, 4) is 0 Å². The van der Waals surface area contributed by atoms with Crippen LogP contribution in [0.15, 0.2) is 28.7 Å². The Morgan fingerprint density at radius 2 is 1.89 bits per heavy atom. The predicted octanol–water partition coefficient (Wildman–Crippen LogP) is 2.94. The van der Waals surface area contributed by atoms with Gasteiger partial charge in [0.1, 0.15) is 0 Å². The maximum Gasteiger partial charge on any atom is 0.217 e. The van der Waals surface area contributed by atoms with Gasteiger partial charge in [-0.15, -0.1) is 0 Å². The Morgan fingerprint density at radius 3 is 2.42 bits per heavy atom. The molecular formula is C15H21BrN2O. The van der Waals surface area contributed by atoms with Crippen LogP contribution in [0.2, 0.25) is 0 Å². The highest BCUT2D eigenvalue weighted by molar-refractivity contribution is 9.10. The second-order valence-electron chi connectivity index (χ2n) is 5.64. The Bertz CT molecular complexity index is 436. The van der Waals surface area contributed by atoms with Gasteiger partial charge in [-0.3, -0.25) is 9.69 Å². The predicted molar refractivity (Wildman–Crippen MR) is 80.9 cm³/mol. The topological polar surface area (TPSA) is 32.3 Å². The third-order valence-electron chi connectivity index (χ3n) is 3.76. The summed E-state index contributed by atoms with van der Waals surface area (Å²) in [5, 5.41) is 3.08. The van der Waals surface area contributed by atoms with Crippen molar-refractivity contribution in [3.63, 3.8) is 0 Å². The van der Waals surface area contributed by atoms with Crippen LogP contribution < -0.4 is 5.32 Å². The van der Waals surface area contributed by atoms with Gasteiger partial charge in [-0.2, -0.15) is 0 Å². The lowest BCUT2D eigenvalue weighted by molar-refractivity contribution is -0.121. The van der Waals surface area contributed by atoms with E-state index in [1.165, 1.54) is 5.56 Å². The second kappa shape index (κ2) is 6.06. The lowest BCUT2D eigenvalue weighted by Gasteiger charge is -2.39. The maximum absolute atomic E-state index is 11.2. The molecule has 1 aliphatic rings. The van der Waals surface area contributed by atoms with Crippen molar-refractivity contribution >= 4 is 21.8 Å². The molecule has 1 aliphatic heterocycles. The fourth-order valence-corrected chi connectivity index (χ4v) is 2.87. The molecule has 1 saturated heterocycles. The summed E-state index contributed by atoms with van der Waals surface area (Å²) in [6, 6.07) is 8.48. The number of nitrogens with zero attached hydrogens (tertiary/aromatic N) is 1. The molecule has 0 bridgehead atoms. The van der Waals surface area contributed by atoms with Crippen molar-refractivity contribution < 1.29 is 4.79 Å². The number of carbonyl (C=O) groups excluding carboxylic acids is 1. The number of carbonyl (C=O) groups is 1. The summed E-state index contributed by atoms with van der Waals surface area (Å²) in [5.74, 6) is 0.0730. The number of amides is 1. The number of halogens is 1. The van der Waals surface area contributed by atoms with Crippen molar-refractivity contribution in [3.05, 3.63) is 34.3 Å². The Kier molecular flexibility index (Phi) is 4.63. The van der Waals surface area contributed by atoms with Crippen LogP contribution in [-0.2, 0) is 11.3 Å². The number of piperidine rings is 1. The van der Waals surface area contributed by atoms with E-state index in [2.05, 4.69) is 57.3 Å². The van der Waals surface area contributed by atoms with Gasteiger partial charge in [-0.1, -0.05) is 28.1 Å². The van der Waals surface area contributed by atoms with E-state index in [4.69, 9.17) is 0 Å². The minimum absolute atomic E-state index is 0.0257. The average molecular weight is 325 g/mol. The van der Waals surface area contributed by atoms with Crippen LogP contribution in [0.4, 0.5) is 0 Å². The lowest BCUT2D eigenvalue weighted by atomic mass is 9.89. The zero-order valence-electron chi connectivity index (χ0n) is 11.6. The van der Waals surface area contributed by atoms with Gasteiger partial charge in [-0.25, -0.2) is 0 Å². The van der Waals surface area contributed by atoms with Crippen molar-refractivity contribution in [2.75, 3.05) is 13.1 Å². The van der Waals surface area contributed by atoms with Crippen LogP contribution in [0.5, 0.6) is 0 Å². The van der Waals surface area contributed by atoms with Crippen LogP contribution in [0.1, 0.15) is 32.3 Å². The first-order valence-corrected chi connectivity index (χ1v) is 7.52. The molecule has 1 aromatic rings. The normalized spacial score (nSPS) is 19.1. The Labute approximate surface area is 123 Å². The first kappa shape index (κ1) is 14.5. The molecule has 3 nitrogen and oxygen atoms in total. The Hall–Kier alpha value is -0.870. The van der Waals surface area contributed by atoms with Gasteiger partial charge in [0.05, 0.1) is 0 Å². The van der Waals surface area contributed by atoms with E-state index in [0.717, 1.165) is 36.9 Å². The lowest BCUT2D eigenvalue weighted by Crippen LogP contribution is -2.52. The van der Waals surface area contributed by atoms with E-state index in [9.17, 15) is 4.79 Å². The molecule has 1 aromatic carbocycles. The minimum Gasteiger partial charge on any atom is -0.351 e. The highest BCUT2D eigenvalue weighted by atomic mass is 79.9. The molecule has 0 spiro atoms. The highest BCUT2D eigenvalue weighted by Gasteiger charge is 2.30. The van der Waals surface area contributed by atoms with E-state index in [1.54, 1.807) is 6.92 Å². The number of hydrogen-bond donors (Lipinski definition) is 1. The maximum atomic E-state index is 11.2. The van der Waals surface area contributed by atoms with Crippen LogP contribution in [-0.4, -0.2) is 29.4 Å². The number of hydrogen-bond acceptors (Lipinski definition) is 2. The molecule has 1 N–H and O–H groups in total. The molecule has 0 atom stereocenters. The van der Waals surface area contributed by atoms with Crippen molar-refractivity contribution in [1.29, 1.82) is 0 Å². The molecule has 0 aliphatic carbocycles. The first-order valence-electron chi connectivity index (χ1n) is 6.72. The van der Waals surface area contributed by atoms with E-state index in [-0.39, 0.29) is 11.4 Å². The Morgan fingerprint density at radius 1 is 1.32 bits per heavy atom. The summed E-state index contributed by atoms with van der Waals surface area (Å²) in [4.78, 5) is 13.6. The number of rotatable bonds is 3. The fraction of sp³-hybridized carbons (Fsp3) is 0.533. The van der Waals surface area contributed by atoms with Gasteiger partial charge in [0.15, 0.2) is 0 Å². The van der Waals surface area contributed by atoms with Crippen LogP contribution in [0, 0.1) is 0 Å². The first-order chi connectivity index (χ1) is 8.97. The molecule has 1 amide bonds. The molecular weight excluding hydrogens is 304 g/mol. The zero-order chi connectivity index (χ0) is 13.9. The summed E-state index contributed by atoms with van der Waals surface area (Å²) in [5.41, 5.74) is 1.31. The van der Waals surface area contributed by atoms with Crippen LogP contribution in [0.3, 0.4) is 0 Å². The molecule has 1 heterocycles. The van der Waals surface area contributed by atoms with E-state index in [1.807, 2.05) is 0 Å². The minimum atomic E-state index is -0.0257. The molecule has 4 heteroatoms. The number of benzene rings is 1. The number of likely N-dealkylation sites (tertiary alicyclic amines) is 1. The van der Waals surface area contributed by atoms with Crippen molar-refractivity contribution in [2.45, 2.75) is 38.8 Å². The molecule has 0 aromatic heterocycles. The van der Waals surface area contributed by atoms with Crippen LogP contribution in [0.25, 0.3) is 0 Å². The quantitative estimate of drug-likeness (QED) is 0.927. The van der Waals surface area contributed by atoms with E-state index in [0.29, 0.717) is 0 Å². The standard InChI is InChI=1S/C15H21BrN2O/c1-12(19)17-15(2)7-9-18(10-8-15)11-13-3-5-14(16)6-4-13/h3-6H,7-11H2,1-2H3,(H,17,19). The van der Waals surface area contributed by atoms with Gasteiger partial charge < -0.3 is 5.32 Å². The smallest absolute Gasteiger partial charge is 0.217 e. The van der Waals surface area contributed by atoms with Crippen LogP contribution >= 0.6 is 15.9 Å². The number of nitrogens with one attached hydrogen (secondary N) is 1. The molecule has 0 unspecified atom stereocenters. The summed E-state index contributed by atoms with van der Waals surface area (Å²) in [6.07, 6.45) is 2.03. The molecule has 1 fully saturated rings. The SMILES string of the molecule is CC(=O)NC1(C)CCN(Cc2ccc(Br)cc2)CC1. The largest absolute Gasteiger partial charge is 0.351 e. The third kappa shape index (κ3) is 4.32. The van der Waals surface area contributed by atoms with Crippen molar-refractivity contribution in [1.82, 2.24) is 10.2 Å². The van der Waals surface area contributed by atoms with Gasteiger partial charge in [0.25, 0.3) is 0 Å².